The van der Waals surface area contributed by atoms with Crippen molar-refractivity contribution in [2.75, 3.05) is 31.4 Å². The van der Waals surface area contributed by atoms with Crippen LogP contribution in [0.3, 0.4) is 0 Å². The number of nitrogens with one attached hydrogen (secondary N) is 1. The number of hydrogen-bond acceptors (Lipinski definition) is 7. The lowest BCUT2D eigenvalue weighted by atomic mass is 9.81. The summed E-state index contributed by atoms with van der Waals surface area (Å²) in [5.41, 5.74) is 2.67. The van der Waals surface area contributed by atoms with Gasteiger partial charge in [-0.25, -0.2) is 13.1 Å². The normalized spacial score (nSPS) is 26.4. The van der Waals surface area contributed by atoms with E-state index in [4.69, 9.17) is 25.8 Å². The smallest absolute Gasteiger partial charge is 0.264 e. The summed E-state index contributed by atoms with van der Waals surface area (Å²) in [5.74, 6) is -0.0658. The summed E-state index contributed by atoms with van der Waals surface area (Å²) in [6.07, 6.45) is 5.12. The molecule has 38 heavy (non-hydrogen) atoms. The molecule has 2 aliphatic heterocycles. The standard InChI is InChI=1S/C28H35ClN2O6S/c1-19-4-2-3-12-36-26-9-6-21(26)16-31-18-35-13-11-20-14-23(29)7-5-22(20)17-37-27-10-8-24(15-25(27)31)38(33,34)30-28(19)32/h5,7-8,10,14-15,19,21,26H,2-4,6,9,11-13,16-18H2,1H3,(H,30,32)/t19-,21+,26-/m1/s1. The Kier molecular flexibility index (Phi) is 8.47. The summed E-state index contributed by atoms with van der Waals surface area (Å²) >= 11 is 6.24. The van der Waals surface area contributed by atoms with E-state index in [1.165, 1.54) is 6.07 Å². The van der Waals surface area contributed by atoms with E-state index in [-0.39, 0.29) is 17.7 Å². The molecular weight excluding hydrogens is 528 g/mol. The van der Waals surface area contributed by atoms with Crippen molar-refractivity contribution in [2.45, 2.75) is 63.1 Å². The molecule has 0 saturated heterocycles. The molecule has 3 atom stereocenters. The minimum absolute atomic E-state index is 0.0148. The molecular formula is C28H35ClN2O6S. The average Bonchev–Trinajstić information content (AvgIpc) is 2.90. The first kappa shape index (κ1) is 27.2. The highest BCUT2D eigenvalue weighted by atomic mass is 35.5. The van der Waals surface area contributed by atoms with E-state index in [0.717, 1.165) is 36.8 Å². The first-order valence-electron chi connectivity index (χ1n) is 13.4. The van der Waals surface area contributed by atoms with Gasteiger partial charge in [-0.2, -0.15) is 0 Å². The molecule has 0 unspecified atom stereocenters. The maximum Gasteiger partial charge on any atom is 0.264 e. The van der Waals surface area contributed by atoms with Crippen molar-refractivity contribution < 1.29 is 27.4 Å². The van der Waals surface area contributed by atoms with E-state index in [9.17, 15) is 13.2 Å². The summed E-state index contributed by atoms with van der Waals surface area (Å²) in [6.45, 7) is 4.09. The van der Waals surface area contributed by atoms with Crippen molar-refractivity contribution in [3.63, 3.8) is 0 Å². The molecule has 1 aliphatic carbocycles. The number of amides is 1. The SMILES string of the molecule is C[C@@H]1CCCCO[C@@H]2CC[C@H]2CN2COCCc3cc(Cl)ccc3COc3ccc(cc32)S(=O)(=O)NC1=O. The number of carbonyl (C=O) groups is 1. The first-order chi connectivity index (χ1) is 18.3. The third-order valence-electron chi connectivity index (χ3n) is 7.74. The van der Waals surface area contributed by atoms with E-state index < -0.39 is 21.8 Å². The molecule has 1 amide bonds. The van der Waals surface area contributed by atoms with Gasteiger partial charge in [0.05, 0.1) is 23.3 Å². The van der Waals surface area contributed by atoms with Crippen molar-refractivity contribution in [3.8, 4) is 5.75 Å². The summed E-state index contributed by atoms with van der Waals surface area (Å²) in [7, 11) is -4.06. The van der Waals surface area contributed by atoms with E-state index in [2.05, 4.69) is 4.72 Å². The van der Waals surface area contributed by atoms with Gasteiger partial charge in [0.1, 0.15) is 19.1 Å². The number of sulfonamides is 1. The monoisotopic (exact) mass is 562 g/mol. The number of halogens is 1. The number of rotatable bonds is 0. The van der Waals surface area contributed by atoms with Crippen molar-refractivity contribution >= 4 is 33.2 Å². The second kappa shape index (κ2) is 11.8. The van der Waals surface area contributed by atoms with Gasteiger partial charge >= 0.3 is 0 Å². The Bertz CT molecular complexity index is 1270. The Balaban J connectivity index is 1.52. The maximum atomic E-state index is 13.2. The Hall–Kier alpha value is -2.33. The number of hydrogen-bond donors (Lipinski definition) is 1. The van der Waals surface area contributed by atoms with Crippen LogP contribution in [0.4, 0.5) is 5.69 Å². The summed E-state index contributed by atoms with van der Waals surface area (Å²) < 4.78 is 47.3. The Morgan fingerprint density at radius 2 is 1.89 bits per heavy atom. The molecule has 2 aromatic carbocycles. The van der Waals surface area contributed by atoms with Gasteiger partial charge in [0, 0.05) is 30.0 Å². The lowest BCUT2D eigenvalue weighted by Gasteiger charge is -2.40. The second-order valence-electron chi connectivity index (χ2n) is 10.5. The van der Waals surface area contributed by atoms with E-state index in [1.807, 2.05) is 23.1 Å². The fourth-order valence-electron chi connectivity index (χ4n) is 5.19. The van der Waals surface area contributed by atoms with Crippen LogP contribution in [0.5, 0.6) is 5.75 Å². The van der Waals surface area contributed by atoms with E-state index in [0.29, 0.717) is 61.6 Å². The molecule has 8 nitrogen and oxygen atoms in total. The van der Waals surface area contributed by atoms with E-state index in [1.54, 1.807) is 19.1 Å². The number of ether oxygens (including phenoxy) is 3. The summed E-state index contributed by atoms with van der Waals surface area (Å²) in [5, 5.41) is 0.659. The highest BCUT2D eigenvalue weighted by Gasteiger charge is 2.34. The predicted octanol–water partition coefficient (Wildman–Crippen LogP) is 4.68. The fraction of sp³-hybridized carbons (Fsp3) is 0.536. The first-order valence-corrected chi connectivity index (χ1v) is 15.2. The van der Waals surface area contributed by atoms with Crippen LogP contribution >= 0.6 is 11.6 Å². The zero-order valence-electron chi connectivity index (χ0n) is 21.7. The Morgan fingerprint density at radius 3 is 2.71 bits per heavy atom. The highest BCUT2D eigenvalue weighted by molar-refractivity contribution is 7.90. The second-order valence-corrected chi connectivity index (χ2v) is 12.6. The molecule has 2 aromatic rings. The van der Waals surface area contributed by atoms with Gasteiger partial charge in [-0.1, -0.05) is 31.0 Å². The maximum absolute atomic E-state index is 13.2. The van der Waals surface area contributed by atoms with Gasteiger partial charge in [0.25, 0.3) is 10.0 Å². The molecule has 1 fully saturated rings. The molecule has 10 heteroatoms. The molecule has 0 aromatic heterocycles. The molecule has 0 radical (unpaired) electrons. The summed E-state index contributed by atoms with van der Waals surface area (Å²) in [6, 6.07) is 10.4. The van der Waals surface area contributed by atoms with Gasteiger partial charge in [0.2, 0.25) is 5.91 Å². The van der Waals surface area contributed by atoms with Gasteiger partial charge < -0.3 is 19.1 Å². The zero-order valence-corrected chi connectivity index (χ0v) is 23.2. The van der Waals surface area contributed by atoms with Crippen LogP contribution in [-0.2, 0) is 37.3 Å². The van der Waals surface area contributed by atoms with Crippen LogP contribution in [0.1, 0.15) is 50.2 Å². The lowest BCUT2D eigenvalue weighted by molar-refractivity contribution is -0.122. The van der Waals surface area contributed by atoms with Crippen LogP contribution < -0.4 is 14.4 Å². The largest absolute Gasteiger partial charge is 0.487 e. The molecule has 1 saturated carbocycles. The topological polar surface area (TPSA) is 94.2 Å². The molecule has 3 aliphatic rings. The zero-order chi connectivity index (χ0) is 26.7. The van der Waals surface area contributed by atoms with Crippen molar-refractivity contribution in [3.05, 3.63) is 52.5 Å². The minimum atomic E-state index is -4.06. The highest BCUT2D eigenvalue weighted by Crippen LogP contribution is 2.37. The van der Waals surface area contributed by atoms with Gasteiger partial charge in [0.15, 0.2) is 0 Å². The van der Waals surface area contributed by atoms with E-state index >= 15 is 0 Å². The van der Waals surface area contributed by atoms with Crippen LogP contribution in [0.25, 0.3) is 0 Å². The predicted molar refractivity (Wildman–Crippen MR) is 145 cm³/mol. The van der Waals surface area contributed by atoms with Crippen molar-refractivity contribution in [1.82, 2.24) is 4.72 Å². The van der Waals surface area contributed by atoms with Crippen molar-refractivity contribution in [1.29, 1.82) is 0 Å². The van der Waals surface area contributed by atoms with Crippen LogP contribution in [0, 0.1) is 11.8 Å². The number of carbonyl (C=O) groups excluding carboxylic acids is 1. The third kappa shape index (κ3) is 6.28. The number of fused-ring (bicyclic) bond motifs is 3. The minimum Gasteiger partial charge on any atom is -0.487 e. The summed E-state index contributed by atoms with van der Waals surface area (Å²) in [4.78, 5) is 14.7. The van der Waals surface area contributed by atoms with Crippen LogP contribution in [0.15, 0.2) is 41.3 Å². The third-order valence-corrected chi connectivity index (χ3v) is 9.32. The average molecular weight is 563 g/mol. The van der Waals surface area contributed by atoms with Crippen LogP contribution in [-0.4, -0.2) is 46.9 Å². The Labute approximate surface area is 229 Å². The quantitative estimate of drug-likeness (QED) is 0.498. The number of nitrogens with zero attached hydrogens (tertiary/aromatic N) is 1. The molecule has 5 rings (SSSR count). The van der Waals surface area contributed by atoms with Gasteiger partial charge in [-0.05, 0) is 73.6 Å². The molecule has 206 valence electrons. The molecule has 0 spiro atoms. The number of anilines is 1. The van der Waals surface area contributed by atoms with Gasteiger partial charge in [-0.15, -0.1) is 0 Å². The molecule has 2 heterocycles. The molecule has 2 bridgehead atoms. The Morgan fingerprint density at radius 1 is 1.03 bits per heavy atom. The van der Waals surface area contributed by atoms with Gasteiger partial charge in [-0.3, -0.25) is 4.79 Å². The number of benzene rings is 2. The molecule has 1 N–H and O–H groups in total. The van der Waals surface area contributed by atoms with Crippen LogP contribution in [0.2, 0.25) is 5.02 Å². The van der Waals surface area contributed by atoms with Crippen molar-refractivity contribution in [2.24, 2.45) is 11.8 Å². The fourth-order valence-corrected chi connectivity index (χ4v) is 6.49. The lowest BCUT2D eigenvalue weighted by Crippen LogP contribution is -2.44.